The van der Waals surface area contributed by atoms with Crippen LogP contribution in [0.4, 0.5) is 5.13 Å². The lowest BCUT2D eigenvalue weighted by molar-refractivity contribution is 0.112. The molecular formula is C17H26N2OS. The number of carbonyl (C=O) groups is 1. The normalized spacial score (nSPS) is 24.0. The van der Waals surface area contributed by atoms with E-state index in [1.54, 1.807) is 11.3 Å². The topological polar surface area (TPSA) is 33.2 Å². The molecule has 1 aliphatic carbocycles. The van der Waals surface area contributed by atoms with Crippen LogP contribution >= 0.6 is 11.3 Å². The van der Waals surface area contributed by atoms with E-state index >= 15 is 0 Å². The molecule has 3 rings (SSSR count). The first-order valence-corrected chi connectivity index (χ1v) is 9.05. The van der Waals surface area contributed by atoms with Gasteiger partial charge in [-0.2, -0.15) is 0 Å². The first kappa shape index (κ1) is 15.0. The standard InChI is InChI=1S/C17H26N2OS/c1-17(2,3)15-14(11-20)21-16(18-15)19-10-6-9-13(19)12-7-4-5-8-12/h11-13H,4-10H2,1-3H3. The van der Waals surface area contributed by atoms with E-state index in [1.807, 2.05) is 0 Å². The number of rotatable bonds is 3. The van der Waals surface area contributed by atoms with Crippen molar-refractivity contribution in [1.82, 2.24) is 4.98 Å². The van der Waals surface area contributed by atoms with Gasteiger partial charge in [0, 0.05) is 18.0 Å². The van der Waals surface area contributed by atoms with Crippen LogP contribution in [0.3, 0.4) is 0 Å². The van der Waals surface area contributed by atoms with Gasteiger partial charge in [-0.15, -0.1) is 0 Å². The van der Waals surface area contributed by atoms with Crippen molar-refractivity contribution in [2.75, 3.05) is 11.4 Å². The molecule has 0 aromatic carbocycles. The molecular weight excluding hydrogens is 280 g/mol. The first-order valence-electron chi connectivity index (χ1n) is 8.24. The van der Waals surface area contributed by atoms with Crippen LogP contribution in [0.25, 0.3) is 0 Å². The third-order valence-corrected chi connectivity index (χ3v) is 5.97. The van der Waals surface area contributed by atoms with Gasteiger partial charge in [-0.1, -0.05) is 44.9 Å². The van der Waals surface area contributed by atoms with E-state index in [0.717, 1.165) is 34.5 Å². The predicted octanol–water partition coefficient (Wildman–Crippen LogP) is 4.41. The van der Waals surface area contributed by atoms with Gasteiger partial charge >= 0.3 is 0 Å². The lowest BCUT2D eigenvalue weighted by atomic mass is 9.91. The Kier molecular flexibility index (Phi) is 4.08. The van der Waals surface area contributed by atoms with E-state index in [-0.39, 0.29) is 5.41 Å². The fourth-order valence-corrected chi connectivity index (χ4v) is 5.10. The van der Waals surface area contributed by atoms with Gasteiger partial charge in [0.25, 0.3) is 0 Å². The van der Waals surface area contributed by atoms with Crippen LogP contribution < -0.4 is 4.90 Å². The zero-order valence-electron chi connectivity index (χ0n) is 13.4. The molecule has 0 amide bonds. The molecule has 0 bridgehead atoms. The van der Waals surface area contributed by atoms with Crippen molar-refractivity contribution in [2.45, 2.75) is 70.8 Å². The second-order valence-corrected chi connectivity index (χ2v) is 8.53. The molecule has 2 heterocycles. The average Bonchev–Trinajstić information content (AvgIpc) is 3.16. The summed E-state index contributed by atoms with van der Waals surface area (Å²) in [4.78, 5) is 19.6. The Morgan fingerprint density at radius 3 is 2.48 bits per heavy atom. The quantitative estimate of drug-likeness (QED) is 0.775. The molecule has 21 heavy (non-hydrogen) atoms. The Morgan fingerprint density at radius 1 is 1.19 bits per heavy atom. The van der Waals surface area contributed by atoms with Crippen LogP contribution in [0.15, 0.2) is 0 Å². The summed E-state index contributed by atoms with van der Waals surface area (Å²) in [7, 11) is 0. The number of aromatic nitrogens is 1. The van der Waals surface area contributed by atoms with Crippen molar-refractivity contribution in [3.63, 3.8) is 0 Å². The summed E-state index contributed by atoms with van der Waals surface area (Å²) in [6.45, 7) is 7.52. The SMILES string of the molecule is CC(C)(C)c1nc(N2CCCC2C2CCCC2)sc1C=O. The van der Waals surface area contributed by atoms with E-state index in [1.165, 1.54) is 38.5 Å². The van der Waals surface area contributed by atoms with Crippen LogP contribution in [0, 0.1) is 5.92 Å². The highest BCUT2D eigenvalue weighted by Crippen LogP contribution is 2.40. The number of anilines is 1. The van der Waals surface area contributed by atoms with Gasteiger partial charge in [0.15, 0.2) is 11.4 Å². The molecule has 0 N–H and O–H groups in total. The molecule has 1 aromatic heterocycles. The highest BCUT2D eigenvalue weighted by molar-refractivity contribution is 7.17. The highest BCUT2D eigenvalue weighted by Gasteiger charge is 2.36. The minimum absolute atomic E-state index is 0.0619. The van der Waals surface area contributed by atoms with Gasteiger partial charge in [0.05, 0.1) is 10.6 Å². The highest BCUT2D eigenvalue weighted by atomic mass is 32.1. The zero-order chi connectivity index (χ0) is 15.0. The number of hydrogen-bond donors (Lipinski definition) is 0. The Hall–Kier alpha value is -0.900. The van der Waals surface area contributed by atoms with Crippen molar-refractivity contribution >= 4 is 22.8 Å². The third-order valence-electron chi connectivity index (χ3n) is 4.95. The number of carbonyl (C=O) groups excluding carboxylic acids is 1. The summed E-state index contributed by atoms with van der Waals surface area (Å²) < 4.78 is 0. The van der Waals surface area contributed by atoms with E-state index in [9.17, 15) is 4.79 Å². The van der Waals surface area contributed by atoms with E-state index in [0.29, 0.717) is 6.04 Å². The second-order valence-electron chi connectivity index (χ2n) is 7.52. The Bertz CT molecular complexity index is 511. The number of nitrogens with zero attached hydrogens (tertiary/aromatic N) is 2. The molecule has 2 fully saturated rings. The molecule has 3 nitrogen and oxygen atoms in total. The molecule has 1 saturated carbocycles. The maximum atomic E-state index is 11.4. The number of thiazole rings is 1. The molecule has 1 saturated heterocycles. The molecule has 1 aromatic rings. The van der Waals surface area contributed by atoms with Crippen LogP contribution in [0.5, 0.6) is 0 Å². The van der Waals surface area contributed by atoms with E-state index in [4.69, 9.17) is 4.98 Å². The monoisotopic (exact) mass is 306 g/mol. The molecule has 0 radical (unpaired) electrons. The van der Waals surface area contributed by atoms with Gasteiger partial charge in [-0.25, -0.2) is 4.98 Å². The van der Waals surface area contributed by atoms with Gasteiger partial charge in [0.1, 0.15) is 0 Å². The summed E-state index contributed by atoms with van der Waals surface area (Å²) in [6.07, 6.45) is 9.08. The largest absolute Gasteiger partial charge is 0.345 e. The van der Waals surface area contributed by atoms with E-state index < -0.39 is 0 Å². The summed E-state index contributed by atoms with van der Waals surface area (Å²) in [5.41, 5.74) is 0.905. The molecule has 2 aliphatic rings. The van der Waals surface area contributed by atoms with Crippen molar-refractivity contribution < 1.29 is 4.79 Å². The maximum Gasteiger partial charge on any atom is 0.186 e. The summed E-state index contributed by atoms with van der Waals surface area (Å²) in [6, 6.07) is 0.658. The van der Waals surface area contributed by atoms with Crippen molar-refractivity contribution in [3.8, 4) is 0 Å². The Labute approximate surface area is 131 Å². The summed E-state index contributed by atoms with van der Waals surface area (Å²) in [5.74, 6) is 0.842. The number of aldehydes is 1. The molecule has 116 valence electrons. The number of hydrogen-bond acceptors (Lipinski definition) is 4. The molecule has 1 aliphatic heterocycles. The molecule has 1 atom stereocenters. The fraction of sp³-hybridized carbons (Fsp3) is 0.765. The average molecular weight is 306 g/mol. The zero-order valence-corrected chi connectivity index (χ0v) is 14.2. The van der Waals surface area contributed by atoms with Gasteiger partial charge in [-0.05, 0) is 31.6 Å². The predicted molar refractivity (Wildman–Crippen MR) is 88.5 cm³/mol. The molecule has 1 unspecified atom stereocenters. The van der Waals surface area contributed by atoms with Crippen LogP contribution in [0.2, 0.25) is 0 Å². The lowest BCUT2D eigenvalue weighted by Gasteiger charge is -2.29. The minimum Gasteiger partial charge on any atom is -0.345 e. The Morgan fingerprint density at radius 2 is 1.90 bits per heavy atom. The van der Waals surface area contributed by atoms with Crippen LogP contribution in [-0.2, 0) is 5.41 Å². The minimum atomic E-state index is -0.0619. The summed E-state index contributed by atoms with van der Waals surface area (Å²) >= 11 is 1.59. The molecule has 4 heteroatoms. The van der Waals surface area contributed by atoms with Gasteiger partial charge in [0.2, 0.25) is 0 Å². The second kappa shape index (κ2) is 5.71. The fourth-order valence-electron chi connectivity index (χ4n) is 3.92. The lowest BCUT2D eigenvalue weighted by Crippen LogP contribution is -2.34. The van der Waals surface area contributed by atoms with Gasteiger partial charge in [-0.3, -0.25) is 4.79 Å². The van der Waals surface area contributed by atoms with Crippen LogP contribution in [-0.4, -0.2) is 23.9 Å². The van der Waals surface area contributed by atoms with Gasteiger partial charge < -0.3 is 4.90 Å². The van der Waals surface area contributed by atoms with E-state index in [2.05, 4.69) is 25.7 Å². The van der Waals surface area contributed by atoms with Crippen molar-refractivity contribution in [3.05, 3.63) is 10.6 Å². The smallest absolute Gasteiger partial charge is 0.186 e. The summed E-state index contributed by atoms with van der Waals surface area (Å²) in [5, 5.41) is 1.08. The van der Waals surface area contributed by atoms with Crippen molar-refractivity contribution in [1.29, 1.82) is 0 Å². The Balaban J connectivity index is 1.88. The van der Waals surface area contributed by atoms with Crippen molar-refractivity contribution in [2.24, 2.45) is 5.92 Å². The first-order chi connectivity index (χ1) is 10.0. The van der Waals surface area contributed by atoms with Crippen LogP contribution in [0.1, 0.15) is 74.7 Å². The third kappa shape index (κ3) is 2.87. The molecule has 0 spiro atoms. The maximum absolute atomic E-state index is 11.4.